The van der Waals surface area contributed by atoms with Crippen molar-refractivity contribution in [3.8, 4) is 0 Å². The maximum atomic E-state index is 12.2. The molecule has 0 amide bonds. The van der Waals surface area contributed by atoms with Gasteiger partial charge in [0.05, 0.1) is 12.2 Å². The average molecular weight is 449 g/mol. The summed E-state index contributed by atoms with van der Waals surface area (Å²) in [5.41, 5.74) is 2.08. The molecule has 1 aromatic carbocycles. The molecular weight excluding hydrogens is 416 g/mol. The van der Waals surface area contributed by atoms with Crippen LogP contribution in [0, 0.1) is 0 Å². The molecule has 8 nitrogen and oxygen atoms in total. The Morgan fingerprint density at radius 1 is 1.26 bits per heavy atom. The number of nitrogens with one attached hydrogen (secondary N) is 3. The topological polar surface area (TPSA) is 113 Å². The maximum absolute atomic E-state index is 12.2. The summed E-state index contributed by atoms with van der Waals surface area (Å²) in [4.78, 5) is 4.04. The zero-order valence-electron chi connectivity index (χ0n) is 18.0. The van der Waals surface area contributed by atoms with E-state index in [1.165, 1.54) is 0 Å². The van der Waals surface area contributed by atoms with Crippen molar-refractivity contribution in [1.29, 1.82) is 0 Å². The number of anilines is 1. The van der Waals surface area contributed by atoms with E-state index in [0.717, 1.165) is 30.4 Å². The summed E-state index contributed by atoms with van der Waals surface area (Å²) < 4.78 is 35.0. The summed E-state index contributed by atoms with van der Waals surface area (Å²) in [6, 6.07) is 11.0. The second kappa shape index (κ2) is 10.5. The molecule has 1 aliphatic heterocycles. The van der Waals surface area contributed by atoms with Crippen molar-refractivity contribution in [3.63, 3.8) is 0 Å². The van der Waals surface area contributed by atoms with Gasteiger partial charge in [-0.3, -0.25) is 9.71 Å². The highest BCUT2D eigenvalue weighted by Gasteiger charge is 2.21. The fourth-order valence-corrected chi connectivity index (χ4v) is 4.45. The van der Waals surface area contributed by atoms with Crippen LogP contribution in [0.5, 0.6) is 0 Å². The first-order valence-corrected chi connectivity index (χ1v) is 12.0. The number of hydrogen-bond acceptors (Lipinski definition) is 6. The average Bonchev–Trinajstić information content (AvgIpc) is 3.26. The molecule has 2 heterocycles. The highest BCUT2D eigenvalue weighted by molar-refractivity contribution is 7.90. The first kappa shape index (κ1) is 23.6. The van der Waals surface area contributed by atoms with Gasteiger partial charge in [-0.1, -0.05) is 18.2 Å². The van der Waals surface area contributed by atoms with Crippen LogP contribution in [0.25, 0.3) is 0 Å². The number of aliphatic hydroxyl groups is 1. The molecule has 0 radical (unpaired) electrons. The maximum Gasteiger partial charge on any atom is 0.299 e. The minimum absolute atomic E-state index is 0.0506. The molecule has 0 spiro atoms. The van der Waals surface area contributed by atoms with Crippen LogP contribution in [0.1, 0.15) is 43.9 Å². The van der Waals surface area contributed by atoms with E-state index in [0.29, 0.717) is 18.8 Å². The second-order valence-electron chi connectivity index (χ2n) is 8.53. The van der Waals surface area contributed by atoms with Gasteiger partial charge in [-0.2, -0.15) is 13.1 Å². The van der Waals surface area contributed by atoms with E-state index in [9.17, 15) is 13.5 Å². The molecule has 2 atom stereocenters. The molecule has 31 heavy (non-hydrogen) atoms. The van der Waals surface area contributed by atoms with Crippen LogP contribution in [0.2, 0.25) is 0 Å². The van der Waals surface area contributed by atoms with Gasteiger partial charge in [0.25, 0.3) is 10.2 Å². The lowest BCUT2D eigenvalue weighted by atomic mass is 9.94. The predicted molar refractivity (Wildman–Crippen MR) is 121 cm³/mol. The van der Waals surface area contributed by atoms with Crippen LogP contribution in [0.4, 0.5) is 5.69 Å². The zero-order valence-corrected chi connectivity index (χ0v) is 18.9. The predicted octanol–water partition coefficient (Wildman–Crippen LogP) is 2.15. The largest absolute Gasteiger partial charge is 0.387 e. The summed E-state index contributed by atoms with van der Waals surface area (Å²) >= 11 is 0. The number of aromatic nitrogens is 1. The number of ether oxygens (including phenoxy) is 1. The first-order valence-electron chi connectivity index (χ1n) is 10.5. The normalized spacial score (nSPS) is 18.1. The summed E-state index contributed by atoms with van der Waals surface area (Å²) in [5.74, 6) is 0. The van der Waals surface area contributed by atoms with Gasteiger partial charge in [0.15, 0.2) is 0 Å². The van der Waals surface area contributed by atoms with Crippen molar-refractivity contribution in [1.82, 2.24) is 15.0 Å². The Labute approximate surface area is 184 Å². The van der Waals surface area contributed by atoms with Gasteiger partial charge in [0.1, 0.15) is 0 Å². The summed E-state index contributed by atoms with van der Waals surface area (Å²) in [5, 5.41) is 13.7. The molecular formula is C22H32N4O4S. The SMILES string of the molecule is CC(C)(Cc1ccc(NS(=O)(=O)NCC2CCCO2)cc1)NCC(O)c1cccnc1. The second-order valence-corrected chi connectivity index (χ2v) is 10.0. The third kappa shape index (κ3) is 7.86. The van der Waals surface area contributed by atoms with E-state index >= 15 is 0 Å². The van der Waals surface area contributed by atoms with Gasteiger partial charge in [-0.05, 0) is 56.9 Å². The number of benzene rings is 1. The Balaban J connectivity index is 1.48. The molecule has 1 fully saturated rings. The highest BCUT2D eigenvalue weighted by atomic mass is 32.2. The van der Waals surface area contributed by atoms with Crippen LogP contribution in [0.3, 0.4) is 0 Å². The minimum Gasteiger partial charge on any atom is -0.387 e. The number of hydrogen-bond donors (Lipinski definition) is 4. The van der Waals surface area contributed by atoms with Crippen LogP contribution in [-0.4, -0.2) is 49.8 Å². The van der Waals surface area contributed by atoms with Gasteiger partial charge >= 0.3 is 0 Å². The number of rotatable bonds is 11. The van der Waals surface area contributed by atoms with E-state index in [4.69, 9.17) is 4.74 Å². The summed E-state index contributed by atoms with van der Waals surface area (Å²) in [7, 11) is -3.64. The molecule has 2 unspecified atom stereocenters. The van der Waals surface area contributed by atoms with Crippen LogP contribution >= 0.6 is 0 Å². The summed E-state index contributed by atoms with van der Waals surface area (Å²) in [6.45, 7) is 5.50. The van der Waals surface area contributed by atoms with Crippen LogP contribution < -0.4 is 14.8 Å². The van der Waals surface area contributed by atoms with Crippen LogP contribution in [-0.2, 0) is 21.4 Å². The van der Waals surface area contributed by atoms with Gasteiger partial charge in [-0.25, -0.2) is 0 Å². The molecule has 4 N–H and O–H groups in total. The standard InChI is InChI=1S/C22H32N4O4S/c1-22(2,24-16-21(27)18-5-3-11-23-14-18)13-17-7-9-19(10-8-17)26-31(28,29)25-15-20-6-4-12-30-20/h3,5,7-11,14,20-21,24-27H,4,6,12-13,15-16H2,1-2H3. The van der Waals surface area contributed by atoms with E-state index in [1.54, 1.807) is 30.6 Å². The summed E-state index contributed by atoms with van der Waals surface area (Å²) in [6.07, 6.45) is 5.22. The van der Waals surface area contributed by atoms with Crippen molar-refractivity contribution in [2.24, 2.45) is 0 Å². The molecule has 2 aromatic rings. The zero-order chi connectivity index (χ0) is 22.3. The molecule has 1 aromatic heterocycles. The van der Waals surface area contributed by atoms with Crippen molar-refractivity contribution < 1.29 is 18.3 Å². The molecule has 0 bridgehead atoms. The van der Waals surface area contributed by atoms with Gasteiger partial charge < -0.3 is 15.2 Å². The highest BCUT2D eigenvalue weighted by Crippen LogP contribution is 2.18. The molecule has 170 valence electrons. The smallest absolute Gasteiger partial charge is 0.299 e. The molecule has 1 aliphatic rings. The number of β-amino-alcohol motifs (C(OH)–C–C–N with tert-alkyl or cyclic N) is 1. The first-order chi connectivity index (χ1) is 14.7. The van der Waals surface area contributed by atoms with Gasteiger partial charge in [0, 0.05) is 48.9 Å². The molecule has 3 rings (SSSR count). The van der Waals surface area contributed by atoms with Crippen molar-refractivity contribution in [3.05, 3.63) is 59.9 Å². The Morgan fingerprint density at radius 3 is 2.68 bits per heavy atom. The minimum atomic E-state index is -3.64. The van der Waals surface area contributed by atoms with Crippen molar-refractivity contribution in [2.75, 3.05) is 24.4 Å². The Hall–Kier alpha value is -2.04. The number of pyridine rings is 1. The van der Waals surface area contributed by atoms with Crippen molar-refractivity contribution >= 4 is 15.9 Å². The number of nitrogens with zero attached hydrogens (tertiary/aromatic N) is 1. The Morgan fingerprint density at radius 2 is 2.03 bits per heavy atom. The van der Waals surface area contributed by atoms with E-state index in [-0.39, 0.29) is 18.2 Å². The quantitative estimate of drug-likeness (QED) is 0.419. The van der Waals surface area contributed by atoms with Gasteiger partial charge in [-0.15, -0.1) is 0 Å². The Bertz CT molecular complexity index is 914. The lowest BCUT2D eigenvalue weighted by Crippen LogP contribution is -2.43. The fraction of sp³-hybridized carbons (Fsp3) is 0.500. The molecule has 1 saturated heterocycles. The molecule has 0 saturated carbocycles. The lowest BCUT2D eigenvalue weighted by molar-refractivity contribution is 0.114. The lowest BCUT2D eigenvalue weighted by Gasteiger charge is -2.28. The number of aliphatic hydroxyl groups excluding tert-OH is 1. The van der Waals surface area contributed by atoms with Crippen molar-refractivity contribution in [2.45, 2.75) is 50.9 Å². The Kier molecular flexibility index (Phi) is 8.01. The molecule has 9 heteroatoms. The monoisotopic (exact) mass is 448 g/mol. The third-order valence-electron chi connectivity index (χ3n) is 5.22. The van der Waals surface area contributed by atoms with Crippen LogP contribution in [0.15, 0.2) is 48.8 Å². The van der Waals surface area contributed by atoms with E-state index in [2.05, 4.69) is 33.6 Å². The third-order valence-corrected chi connectivity index (χ3v) is 6.27. The molecule has 0 aliphatic carbocycles. The van der Waals surface area contributed by atoms with E-state index in [1.807, 2.05) is 18.2 Å². The van der Waals surface area contributed by atoms with Gasteiger partial charge in [0.2, 0.25) is 0 Å². The van der Waals surface area contributed by atoms with E-state index < -0.39 is 16.3 Å². The fourth-order valence-electron chi connectivity index (χ4n) is 3.53.